The van der Waals surface area contributed by atoms with E-state index in [0.29, 0.717) is 0 Å². The van der Waals surface area contributed by atoms with Crippen LogP contribution in [0.4, 0.5) is 0 Å². The van der Waals surface area contributed by atoms with Crippen LogP contribution in [0.15, 0.2) is 74.4 Å². The van der Waals surface area contributed by atoms with Crippen LogP contribution in [0.2, 0.25) is 6.04 Å². The van der Waals surface area contributed by atoms with Crippen molar-refractivity contribution >= 4 is 15.4 Å². The maximum atomic E-state index is 6.44. The van der Waals surface area contributed by atoms with E-state index in [0.717, 1.165) is 12.5 Å². The van der Waals surface area contributed by atoms with E-state index in [9.17, 15) is 0 Å². The first kappa shape index (κ1) is 14.9. The second-order valence-corrected chi connectivity index (χ2v) is 15.8. The van der Waals surface area contributed by atoms with E-state index in [1.54, 1.807) is 0 Å². The molecular weight excluding hydrogens is 252 g/mol. The maximum Gasteiger partial charge on any atom is 0.236 e. The maximum absolute atomic E-state index is 6.44. The lowest BCUT2D eigenvalue weighted by molar-refractivity contribution is 0.160. The number of hydrogen-bond donors (Lipinski definition) is 0. The van der Waals surface area contributed by atoms with E-state index in [1.807, 2.05) is 23.6 Å². The topological polar surface area (TPSA) is 9.23 Å². The summed E-state index contributed by atoms with van der Waals surface area (Å²) in [6, 6.07) is 1.03. The highest BCUT2D eigenvalue weighted by Crippen LogP contribution is 2.42. The summed E-state index contributed by atoms with van der Waals surface area (Å²) in [5.74, 6) is 0. The van der Waals surface area contributed by atoms with Gasteiger partial charge >= 0.3 is 0 Å². The smallest absolute Gasteiger partial charge is 0.236 e. The van der Waals surface area contributed by atoms with Gasteiger partial charge in [-0.05, 0) is 12.5 Å². The Bertz CT molecular complexity index is 385. The van der Waals surface area contributed by atoms with E-state index >= 15 is 0 Å². The fourth-order valence-electron chi connectivity index (χ4n) is 2.58. The Balaban J connectivity index is 3.40. The Hall–Kier alpha value is -1.17. The first-order valence-electron chi connectivity index (χ1n) is 6.05. The third-order valence-electron chi connectivity index (χ3n) is 4.04. The lowest BCUT2D eigenvalue weighted by Gasteiger charge is -2.50. The Morgan fingerprint density at radius 2 is 1.33 bits per heavy atom. The van der Waals surface area contributed by atoms with Crippen molar-refractivity contribution in [1.29, 1.82) is 0 Å². The van der Waals surface area contributed by atoms with Gasteiger partial charge in [0.25, 0.3) is 0 Å². The van der Waals surface area contributed by atoms with Gasteiger partial charge in [-0.3, -0.25) is 0 Å². The van der Waals surface area contributed by atoms with Crippen LogP contribution in [-0.4, -0.2) is 21.0 Å². The van der Waals surface area contributed by atoms with Crippen molar-refractivity contribution in [3.63, 3.8) is 0 Å². The van der Waals surface area contributed by atoms with Crippen LogP contribution >= 0.6 is 0 Å². The van der Waals surface area contributed by atoms with Gasteiger partial charge in [0, 0.05) is 0 Å². The molecule has 1 fully saturated rings. The van der Waals surface area contributed by atoms with Crippen molar-refractivity contribution in [1.82, 2.24) is 0 Å². The summed E-state index contributed by atoms with van der Waals surface area (Å²) in [6.07, 6.45) is 4.54. The molecule has 0 saturated carbocycles. The number of hydrogen-bond acceptors (Lipinski definition) is 1. The molecule has 0 bridgehead atoms. The molecule has 1 aliphatic heterocycles. The highest BCUT2D eigenvalue weighted by molar-refractivity contribution is 7.47. The summed E-state index contributed by atoms with van der Waals surface area (Å²) >= 11 is 0. The minimum atomic E-state index is -2.30. The van der Waals surface area contributed by atoms with Gasteiger partial charge in [-0.2, -0.15) is 0 Å². The molecule has 1 rings (SSSR count). The van der Waals surface area contributed by atoms with Gasteiger partial charge in [-0.1, -0.05) is 48.1 Å². The first-order valence-corrected chi connectivity index (χ1v) is 11.5. The van der Waals surface area contributed by atoms with Crippen molar-refractivity contribution in [2.24, 2.45) is 0 Å². The van der Waals surface area contributed by atoms with Gasteiger partial charge in [0.05, 0.1) is 5.60 Å². The zero-order chi connectivity index (χ0) is 13.9. The molecule has 1 nitrogen and oxygen atoms in total. The largest absolute Gasteiger partial charge is 0.399 e. The Morgan fingerprint density at radius 1 is 0.833 bits per heavy atom. The van der Waals surface area contributed by atoms with Gasteiger partial charge in [-0.15, -0.1) is 26.3 Å². The molecule has 18 heavy (non-hydrogen) atoms. The third-order valence-corrected chi connectivity index (χ3v) is 17.8. The zero-order valence-corrected chi connectivity index (χ0v) is 13.0. The quantitative estimate of drug-likeness (QED) is 0.527. The molecule has 1 heterocycles. The highest BCUT2D eigenvalue weighted by atomic mass is 29.3. The van der Waals surface area contributed by atoms with E-state index < -0.39 is 21.0 Å². The molecule has 0 atom stereocenters. The fraction of sp³-hybridized carbons (Fsp3) is 0.200. The van der Waals surface area contributed by atoms with Crippen LogP contribution in [0, 0.1) is 0 Å². The van der Waals surface area contributed by atoms with Crippen LogP contribution in [-0.2, 0) is 4.43 Å². The summed E-state index contributed by atoms with van der Waals surface area (Å²) < 4.78 is 6.44. The van der Waals surface area contributed by atoms with Crippen LogP contribution in [0.25, 0.3) is 0 Å². The predicted octanol–water partition coefficient (Wildman–Crippen LogP) is 3.89. The Kier molecular flexibility index (Phi) is 4.32. The monoisotopic (exact) mass is 274 g/mol. The van der Waals surface area contributed by atoms with Gasteiger partial charge in [0.15, 0.2) is 0 Å². The molecule has 0 aromatic carbocycles. The van der Waals surface area contributed by atoms with Crippen LogP contribution in [0.3, 0.4) is 0 Å². The molecule has 0 aliphatic carbocycles. The molecule has 0 amide bonds. The van der Waals surface area contributed by atoms with E-state index in [2.05, 4.69) is 50.9 Å². The summed E-state index contributed by atoms with van der Waals surface area (Å²) in [7, 11) is -4.22. The van der Waals surface area contributed by atoms with Crippen molar-refractivity contribution < 1.29 is 4.43 Å². The first-order chi connectivity index (χ1) is 8.53. The van der Waals surface area contributed by atoms with Crippen molar-refractivity contribution in [3.05, 3.63) is 74.4 Å². The zero-order valence-electron chi connectivity index (χ0n) is 11.0. The minimum absolute atomic E-state index is 0.461. The summed E-state index contributed by atoms with van der Waals surface area (Å²) in [5.41, 5.74) is 7.57. The molecular formula is C15H22OSi2. The normalized spacial score (nSPS) is 23.3. The standard InChI is InChI=1S/C15H22OSi2/c1-7-15(8-2)13-14-17(9-3,10-4)18(11-5,12-6)16-15/h7-12H,1-6,13-14H2. The summed E-state index contributed by atoms with van der Waals surface area (Å²) in [5, 5.41) is 0. The second kappa shape index (κ2) is 5.22. The van der Waals surface area contributed by atoms with Gasteiger partial charge in [0.2, 0.25) is 7.83 Å². The minimum Gasteiger partial charge on any atom is -0.399 e. The molecule has 0 unspecified atom stereocenters. The lowest BCUT2D eigenvalue weighted by atomic mass is 10.0. The van der Waals surface area contributed by atoms with Gasteiger partial charge in [-0.25, -0.2) is 0 Å². The van der Waals surface area contributed by atoms with Crippen molar-refractivity contribution in [3.8, 4) is 0 Å². The van der Waals surface area contributed by atoms with Crippen LogP contribution < -0.4 is 0 Å². The van der Waals surface area contributed by atoms with Crippen LogP contribution in [0.1, 0.15) is 6.42 Å². The predicted molar refractivity (Wildman–Crippen MR) is 85.9 cm³/mol. The molecule has 0 spiro atoms. The third kappa shape index (κ3) is 1.88. The van der Waals surface area contributed by atoms with E-state index in [1.165, 1.54) is 0 Å². The fourth-order valence-corrected chi connectivity index (χ4v) is 14.1. The average molecular weight is 275 g/mol. The molecule has 0 aromatic rings. The molecule has 0 radical (unpaired) electrons. The van der Waals surface area contributed by atoms with Gasteiger partial charge < -0.3 is 4.43 Å². The summed E-state index contributed by atoms with van der Waals surface area (Å²) in [4.78, 5) is 0. The highest BCUT2D eigenvalue weighted by Gasteiger charge is 2.56. The van der Waals surface area contributed by atoms with Crippen molar-refractivity contribution in [2.75, 3.05) is 0 Å². The second-order valence-electron chi connectivity index (χ2n) is 4.62. The van der Waals surface area contributed by atoms with Crippen LogP contribution in [0.5, 0.6) is 0 Å². The lowest BCUT2D eigenvalue weighted by Crippen LogP contribution is -2.67. The Morgan fingerprint density at radius 3 is 1.67 bits per heavy atom. The van der Waals surface area contributed by atoms with Crippen molar-refractivity contribution in [2.45, 2.75) is 18.1 Å². The number of rotatable bonds is 6. The molecule has 1 aliphatic rings. The SMILES string of the molecule is C=CC1(C=C)CC[Si](C=C)(C=C)[Si](C=C)(C=C)O1. The molecule has 1 saturated heterocycles. The Labute approximate surface area is 112 Å². The van der Waals surface area contributed by atoms with Gasteiger partial charge in [0.1, 0.15) is 7.59 Å². The average Bonchev–Trinajstić information content (AvgIpc) is 2.46. The molecule has 0 aromatic heterocycles. The molecule has 0 N–H and O–H groups in total. The summed E-state index contributed by atoms with van der Waals surface area (Å²) in [6.45, 7) is 23.8. The molecule has 3 heteroatoms. The molecule has 96 valence electrons. The van der Waals surface area contributed by atoms with E-state index in [-0.39, 0.29) is 0 Å². The van der Waals surface area contributed by atoms with E-state index in [4.69, 9.17) is 4.43 Å².